The number of carbonyl (C=O) groups excluding carboxylic acids is 1. The number of carbonyl (C=O) groups is 1. The first kappa shape index (κ1) is 19.2. The SMILES string of the molecule is NC[C@H]1CC[C@@H](C(=O)N2CCN(c3ncc(C(F)(F)F)cc3Cl)CC2)O1. The van der Waals surface area contributed by atoms with Gasteiger partial charge in [-0.1, -0.05) is 11.6 Å². The molecule has 0 radical (unpaired) electrons. The molecule has 6 nitrogen and oxygen atoms in total. The number of amides is 1. The number of nitrogens with two attached hydrogens (primary N) is 1. The molecule has 0 aliphatic carbocycles. The summed E-state index contributed by atoms with van der Waals surface area (Å²) in [6.07, 6.45) is -2.80. The van der Waals surface area contributed by atoms with Crippen molar-refractivity contribution in [2.45, 2.75) is 31.2 Å². The molecule has 2 saturated heterocycles. The Labute approximate surface area is 154 Å². The van der Waals surface area contributed by atoms with Gasteiger partial charge in [0, 0.05) is 38.9 Å². The molecular formula is C16H20ClF3N4O2. The van der Waals surface area contributed by atoms with Gasteiger partial charge in [0.05, 0.1) is 16.7 Å². The lowest BCUT2D eigenvalue weighted by Gasteiger charge is -2.36. The van der Waals surface area contributed by atoms with Crippen molar-refractivity contribution < 1.29 is 22.7 Å². The van der Waals surface area contributed by atoms with Gasteiger partial charge in [0.15, 0.2) is 0 Å². The van der Waals surface area contributed by atoms with E-state index in [1.807, 2.05) is 0 Å². The summed E-state index contributed by atoms with van der Waals surface area (Å²) in [5.41, 5.74) is 4.68. The topological polar surface area (TPSA) is 71.7 Å². The van der Waals surface area contributed by atoms with Crippen LogP contribution in [0.15, 0.2) is 12.3 Å². The van der Waals surface area contributed by atoms with Crippen LogP contribution in [0.1, 0.15) is 18.4 Å². The lowest BCUT2D eigenvalue weighted by Crippen LogP contribution is -2.51. The molecule has 1 aromatic rings. The Morgan fingerprint density at radius 2 is 2.00 bits per heavy atom. The lowest BCUT2D eigenvalue weighted by molar-refractivity contribution is -0.143. The predicted octanol–water partition coefficient (Wildman–Crippen LogP) is 1.91. The number of aromatic nitrogens is 1. The minimum absolute atomic E-state index is 0.0514. The van der Waals surface area contributed by atoms with E-state index in [1.165, 1.54) is 0 Å². The second-order valence-corrected chi connectivity index (χ2v) is 6.81. The Morgan fingerprint density at radius 3 is 2.54 bits per heavy atom. The molecule has 2 aliphatic heterocycles. The van der Waals surface area contributed by atoms with Crippen LogP contribution in [-0.2, 0) is 15.7 Å². The van der Waals surface area contributed by atoms with Crippen molar-refractivity contribution in [1.82, 2.24) is 9.88 Å². The van der Waals surface area contributed by atoms with Crippen LogP contribution in [-0.4, -0.2) is 60.7 Å². The predicted molar refractivity (Wildman–Crippen MR) is 90.0 cm³/mol. The van der Waals surface area contributed by atoms with E-state index in [-0.39, 0.29) is 17.0 Å². The number of halogens is 4. The Kier molecular flexibility index (Phi) is 5.59. The Morgan fingerprint density at radius 1 is 1.31 bits per heavy atom. The van der Waals surface area contributed by atoms with Gasteiger partial charge < -0.3 is 20.3 Å². The molecule has 2 N–H and O–H groups in total. The van der Waals surface area contributed by atoms with Crippen molar-refractivity contribution in [2.75, 3.05) is 37.6 Å². The third kappa shape index (κ3) is 4.05. The van der Waals surface area contributed by atoms with Crippen LogP contribution < -0.4 is 10.6 Å². The average Bonchev–Trinajstić information content (AvgIpc) is 3.09. The summed E-state index contributed by atoms with van der Waals surface area (Å²) in [5.74, 6) is 0.235. The number of piperazine rings is 1. The van der Waals surface area contributed by atoms with Crippen molar-refractivity contribution in [3.05, 3.63) is 22.8 Å². The van der Waals surface area contributed by atoms with E-state index in [0.717, 1.165) is 18.7 Å². The highest BCUT2D eigenvalue weighted by molar-refractivity contribution is 6.33. The molecule has 144 valence electrons. The summed E-state index contributed by atoms with van der Waals surface area (Å²) in [6, 6.07) is 0.876. The van der Waals surface area contributed by atoms with E-state index < -0.39 is 17.8 Å². The van der Waals surface area contributed by atoms with Gasteiger partial charge in [0.25, 0.3) is 5.91 Å². The van der Waals surface area contributed by atoms with Crippen LogP contribution in [0.25, 0.3) is 0 Å². The fourth-order valence-electron chi connectivity index (χ4n) is 3.22. The van der Waals surface area contributed by atoms with Crippen LogP contribution in [0, 0.1) is 0 Å². The summed E-state index contributed by atoms with van der Waals surface area (Å²) in [4.78, 5) is 19.9. The highest BCUT2D eigenvalue weighted by Gasteiger charge is 2.35. The quantitative estimate of drug-likeness (QED) is 0.850. The number of hydrogen-bond acceptors (Lipinski definition) is 5. The molecule has 2 aliphatic rings. The molecule has 3 rings (SSSR count). The first-order valence-corrected chi connectivity index (χ1v) is 8.79. The molecule has 2 fully saturated rings. The number of pyridine rings is 1. The normalized spacial score (nSPS) is 24.2. The molecule has 1 amide bonds. The summed E-state index contributed by atoms with van der Waals surface area (Å²) >= 11 is 5.99. The second-order valence-electron chi connectivity index (χ2n) is 6.40. The van der Waals surface area contributed by atoms with Crippen LogP contribution in [0.5, 0.6) is 0 Å². The first-order valence-electron chi connectivity index (χ1n) is 8.41. The number of rotatable bonds is 3. The number of ether oxygens (including phenoxy) is 1. The molecule has 1 aromatic heterocycles. The Balaban J connectivity index is 1.59. The van der Waals surface area contributed by atoms with Crippen LogP contribution >= 0.6 is 11.6 Å². The van der Waals surface area contributed by atoms with Crippen molar-refractivity contribution >= 4 is 23.3 Å². The monoisotopic (exact) mass is 392 g/mol. The largest absolute Gasteiger partial charge is 0.417 e. The maximum absolute atomic E-state index is 12.7. The maximum Gasteiger partial charge on any atom is 0.417 e. The number of anilines is 1. The Bertz CT molecular complexity index is 665. The van der Waals surface area contributed by atoms with Crippen LogP contribution in [0.2, 0.25) is 5.02 Å². The van der Waals surface area contributed by atoms with Crippen molar-refractivity contribution in [2.24, 2.45) is 5.73 Å². The smallest absolute Gasteiger partial charge is 0.364 e. The molecule has 0 bridgehead atoms. The molecule has 10 heteroatoms. The van der Waals surface area contributed by atoms with Gasteiger partial charge in [-0.25, -0.2) is 4.98 Å². The summed E-state index contributed by atoms with van der Waals surface area (Å²) in [6.45, 7) is 2.15. The fraction of sp³-hybridized carbons (Fsp3) is 0.625. The molecule has 0 aromatic carbocycles. The van der Waals surface area contributed by atoms with E-state index in [1.54, 1.807) is 9.80 Å². The second kappa shape index (κ2) is 7.58. The first-order chi connectivity index (χ1) is 12.3. The van der Waals surface area contributed by atoms with Gasteiger partial charge in [-0.05, 0) is 18.9 Å². The van der Waals surface area contributed by atoms with E-state index >= 15 is 0 Å². The van der Waals surface area contributed by atoms with Gasteiger partial charge in [-0.2, -0.15) is 13.2 Å². The van der Waals surface area contributed by atoms with E-state index in [4.69, 9.17) is 22.1 Å². The Hall–Kier alpha value is -1.58. The maximum atomic E-state index is 12.7. The molecule has 0 unspecified atom stereocenters. The minimum atomic E-state index is -4.48. The standard InChI is InChI=1S/C16H20ClF3N4O2/c17-12-7-10(16(18,19)20)9-22-14(12)23-3-5-24(6-4-23)15(25)13-2-1-11(8-21)26-13/h7,9,11,13H,1-6,8,21H2/t11-,13+/m1/s1. The van der Waals surface area contributed by atoms with Crippen molar-refractivity contribution in [1.29, 1.82) is 0 Å². The minimum Gasteiger partial charge on any atom is -0.364 e. The van der Waals surface area contributed by atoms with Gasteiger partial charge in [0.2, 0.25) is 0 Å². The van der Waals surface area contributed by atoms with Crippen molar-refractivity contribution in [3.63, 3.8) is 0 Å². The third-order valence-electron chi connectivity index (χ3n) is 4.69. The molecule has 26 heavy (non-hydrogen) atoms. The van der Waals surface area contributed by atoms with Gasteiger partial charge in [-0.3, -0.25) is 4.79 Å². The number of alkyl halides is 3. The molecule has 2 atom stereocenters. The molecule has 3 heterocycles. The van der Waals surface area contributed by atoms with Crippen LogP contribution in [0.4, 0.5) is 19.0 Å². The van der Waals surface area contributed by atoms with Crippen molar-refractivity contribution in [3.8, 4) is 0 Å². The lowest BCUT2D eigenvalue weighted by atomic mass is 10.1. The summed E-state index contributed by atoms with van der Waals surface area (Å²) in [5, 5.41) is -0.0514. The molecule has 0 spiro atoms. The van der Waals surface area contributed by atoms with Gasteiger partial charge >= 0.3 is 6.18 Å². The van der Waals surface area contributed by atoms with Crippen LogP contribution in [0.3, 0.4) is 0 Å². The zero-order valence-electron chi connectivity index (χ0n) is 14.0. The van der Waals surface area contributed by atoms with Gasteiger partial charge in [-0.15, -0.1) is 0 Å². The number of hydrogen-bond donors (Lipinski definition) is 1. The summed E-state index contributed by atoms with van der Waals surface area (Å²) < 4.78 is 43.8. The highest BCUT2D eigenvalue weighted by atomic mass is 35.5. The third-order valence-corrected chi connectivity index (χ3v) is 4.96. The number of nitrogens with zero attached hydrogens (tertiary/aromatic N) is 3. The molecule has 0 saturated carbocycles. The summed E-state index contributed by atoms with van der Waals surface area (Å²) in [7, 11) is 0. The highest BCUT2D eigenvalue weighted by Crippen LogP contribution is 2.33. The van der Waals surface area contributed by atoms with E-state index in [9.17, 15) is 18.0 Å². The van der Waals surface area contributed by atoms with E-state index in [2.05, 4.69) is 4.98 Å². The zero-order valence-corrected chi connectivity index (χ0v) is 14.8. The average molecular weight is 393 g/mol. The fourth-order valence-corrected chi connectivity index (χ4v) is 3.51. The zero-order chi connectivity index (χ0) is 18.9. The van der Waals surface area contributed by atoms with Gasteiger partial charge in [0.1, 0.15) is 11.9 Å². The molecular weight excluding hydrogens is 373 g/mol. The van der Waals surface area contributed by atoms with E-state index in [0.29, 0.717) is 45.0 Å².